The molecule has 1 saturated heterocycles. The van der Waals surface area contributed by atoms with Gasteiger partial charge in [-0.1, -0.05) is 41.8 Å². The van der Waals surface area contributed by atoms with Crippen molar-refractivity contribution in [3.63, 3.8) is 0 Å². The molecule has 1 aliphatic heterocycles. The molecule has 1 fully saturated rings. The average Bonchev–Trinajstić information content (AvgIpc) is 2.85. The number of rotatable bonds is 2. The number of carbonyl (C=O) groups excluding carboxylic acids is 1. The van der Waals surface area contributed by atoms with Crippen LogP contribution in [0, 0.1) is 5.82 Å². The van der Waals surface area contributed by atoms with Gasteiger partial charge in [-0.05, 0) is 48.7 Å². The van der Waals surface area contributed by atoms with Crippen molar-refractivity contribution in [3.05, 3.63) is 63.9 Å². The zero-order valence-electron chi connectivity index (χ0n) is 13.6. The van der Waals surface area contributed by atoms with Crippen LogP contribution in [-0.4, -0.2) is 24.0 Å². The molecule has 1 heterocycles. The molecular formula is C19H19Cl2FN2O. The first-order valence-corrected chi connectivity index (χ1v) is 9.05. The summed E-state index contributed by atoms with van der Waals surface area (Å²) in [5.41, 5.74) is 1.68. The quantitative estimate of drug-likeness (QED) is 0.687. The molecule has 2 aromatic rings. The van der Waals surface area contributed by atoms with E-state index >= 15 is 0 Å². The van der Waals surface area contributed by atoms with Crippen LogP contribution in [-0.2, 0) is 0 Å². The molecule has 1 N–H and O–H groups in total. The fourth-order valence-corrected chi connectivity index (χ4v) is 3.41. The highest BCUT2D eigenvalue weighted by atomic mass is 35.5. The molecule has 3 nitrogen and oxygen atoms in total. The summed E-state index contributed by atoms with van der Waals surface area (Å²) in [6.07, 6.45) is 2.98. The molecule has 2 amide bonds. The third-order valence-corrected chi connectivity index (χ3v) is 5.21. The van der Waals surface area contributed by atoms with Crippen LogP contribution >= 0.6 is 23.2 Å². The van der Waals surface area contributed by atoms with Crippen molar-refractivity contribution < 1.29 is 9.18 Å². The largest absolute Gasteiger partial charge is 0.324 e. The second-order valence-electron chi connectivity index (χ2n) is 6.25. The van der Waals surface area contributed by atoms with Crippen molar-refractivity contribution in [2.24, 2.45) is 0 Å². The molecule has 0 saturated carbocycles. The fraction of sp³-hybridized carbons (Fsp3) is 0.316. The number of nitrogens with one attached hydrogen (secondary N) is 1. The minimum Gasteiger partial charge on any atom is -0.324 e. The first-order chi connectivity index (χ1) is 12.0. The van der Waals surface area contributed by atoms with Gasteiger partial charge in [-0.2, -0.15) is 0 Å². The average molecular weight is 381 g/mol. The molecule has 0 spiro atoms. The van der Waals surface area contributed by atoms with Crippen LogP contribution < -0.4 is 5.32 Å². The highest BCUT2D eigenvalue weighted by Crippen LogP contribution is 2.28. The van der Waals surface area contributed by atoms with E-state index in [9.17, 15) is 9.18 Å². The van der Waals surface area contributed by atoms with Crippen molar-refractivity contribution in [1.29, 1.82) is 0 Å². The summed E-state index contributed by atoms with van der Waals surface area (Å²) in [5, 5.41) is 3.72. The lowest BCUT2D eigenvalue weighted by Gasteiger charge is -2.25. The van der Waals surface area contributed by atoms with E-state index in [0.717, 1.165) is 24.8 Å². The highest BCUT2D eigenvalue weighted by Gasteiger charge is 2.23. The number of anilines is 1. The van der Waals surface area contributed by atoms with E-state index in [-0.39, 0.29) is 17.8 Å². The minimum absolute atomic E-state index is 0.160. The molecule has 1 atom stereocenters. The van der Waals surface area contributed by atoms with Crippen LogP contribution in [0.4, 0.5) is 14.9 Å². The first kappa shape index (κ1) is 18.0. The maximum atomic E-state index is 13.1. The van der Waals surface area contributed by atoms with Gasteiger partial charge in [0.05, 0.1) is 10.0 Å². The molecule has 1 unspecified atom stereocenters. The van der Waals surface area contributed by atoms with Crippen molar-refractivity contribution in [1.82, 2.24) is 4.90 Å². The van der Waals surface area contributed by atoms with Crippen molar-refractivity contribution in [2.45, 2.75) is 25.2 Å². The number of benzene rings is 2. The summed E-state index contributed by atoms with van der Waals surface area (Å²) < 4.78 is 13.1. The van der Waals surface area contributed by atoms with Crippen LogP contribution in [0.3, 0.4) is 0 Å². The van der Waals surface area contributed by atoms with Gasteiger partial charge in [-0.25, -0.2) is 9.18 Å². The second-order valence-corrected chi connectivity index (χ2v) is 7.06. The van der Waals surface area contributed by atoms with Gasteiger partial charge in [0, 0.05) is 24.7 Å². The molecule has 2 aromatic carbocycles. The van der Waals surface area contributed by atoms with E-state index in [1.807, 2.05) is 4.90 Å². The molecule has 1 aliphatic rings. The van der Waals surface area contributed by atoms with E-state index in [1.54, 1.807) is 30.3 Å². The molecule has 3 rings (SSSR count). The summed E-state index contributed by atoms with van der Waals surface area (Å²) in [6.45, 7) is 1.31. The Morgan fingerprint density at radius 1 is 1.08 bits per heavy atom. The smallest absolute Gasteiger partial charge is 0.321 e. The molecule has 25 heavy (non-hydrogen) atoms. The van der Waals surface area contributed by atoms with E-state index in [4.69, 9.17) is 23.2 Å². The summed E-state index contributed by atoms with van der Waals surface area (Å²) >= 11 is 11.9. The van der Waals surface area contributed by atoms with E-state index in [0.29, 0.717) is 28.8 Å². The van der Waals surface area contributed by atoms with Crippen LogP contribution in [0.25, 0.3) is 0 Å². The molecule has 0 aromatic heterocycles. The summed E-state index contributed by atoms with van der Waals surface area (Å²) in [4.78, 5) is 14.4. The number of nitrogens with zero attached hydrogens (tertiary/aromatic N) is 1. The lowest BCUT2D eigenvalue weighted by Crippen LogP contribution is -2.37. The highest BCUT2D eigenvalue weighted by molar-refractivity contribution is 6.42. The zero-order valence-corrected chi connectivity index (χ0v) is 15.2. The Kier molecular flexibility index (Phi) is 5.82. The van der Waals surface area contributed by atoms with Gasteiger partial charge in [-0.3, -0.25) is 0 Å². The Labute approximate surface area is 156 Å². The van der Waals surface area contributed by atoms with Crippen LogP contribution in [0.1, 0.15) is 30.7 Å². The van der Waals surface area contributed by atoms with Crippen LogP contribution in [0.2, 0.25) is 10.0 Å². The van der Waals surface area contributed by atoms with Crippen molar-refractivity contribution in [2.75, 3.05) is 18.4 Å². The maximum absolute atomic E-state index is 13.1. The lowest BCUT2D eigenvalue weighted by atomic mass is 9.94. The molecule has 132 valence electrons. The topological polar surface area (TPSA) is 32.3 Å². The second kappa shape index (κ2) is 8.07. The SMILES string of the molecule is O=C(Nc1ccc(Cl)c(Cl)c1)N1CCCCC(c2ccc(F)cc2)C1. The Hall–Kier alpha value is -1.78. The normalized spacial score (nSPS) is 17.9. The fourth-order valence-electron chi connectivity index (χ4n) is 3.11. The van der Waals surface area contributed by atoms with Gasteiger partial charge in [0.2, 0.25) is 0 Å². The van der Waals surface area contributed by atoms with Crippen LogP contribution in [0.15, 0.2) is 42.5 Å². The molecular weight excluding hydrogens is 362 g/mol. The van der Waals surface area contributed by atoms with Crippen molar-refractivity contribution in [3.8, 4) is 0 Å². The molecule has 0 bridgehead atoms. The zero-order chi connectivity index (χ0) is 17.8. The number of hydrogen-bond donors (Lipinski definition) is 1. The molecule has 0 aliphatic carbocycles. The number of halogens is 3. The third-order valence-electron chi connectivity index (χ3n) is 4.47. The van der Waals surface area contributed by atoms with Crippen molar-refractivity contribution >= 4 is 34.9 Å². The van der Waals surface area contributed by atoms with E-state index in [2.05, 4.69) is 5.32 Å². The number of amides is 2. The van der Waals surface area contributed by atoms with E-state index in [1.165, 1.54) is 12.1 Å². The van der Waals surface area contributed by atoms with Gasteiger partial charge >= 0.3 is 6.03 Å². The van der Waals surface area contributed by atoms with Gasteiger partial charge in [0.15, 0.2) is 0 Å². The van der Waals surface area contributed by atoms with Gasteiger partial charge in [0.1, 0.15) is 5.82 Å². The Morgan fingerprint density at radius 2 is 1.84 bits per heavy atom. The Morgan fingerprint density at radius 3 is 2.56 bits per heavy atom. The standard InChI is InChI=1S/C19H19Cl2FN2O/c20-17-9-8-16(11-18(17)21)23-19(25)24-10-2-1-3-14(12-24)13-4-6-15(22)7-5-13/h4-9,11,14H,1-3,10,12H2,(H,23,25). The summed E-state index contributed by atoms with van der Waals surface area (Å²) in [5.74, 6) is -0.0331. The molecule has 6 heteroatoms. The predicted molar refractivity (Wildman–Crippen MR) is 100 cm³/mol. The summed E-state index contributed by atoms with van der Waals surface area (Å²) in [6, 6.07) is 11.4. The Balaban J connectivity index is 1.70. The molecule has 0 radical (unpaired) electrons. The predicted octanol–water partition coefficient (Wildman–Crippen LogP) is 5.93. The van der Waals surface area contributed by atoms with Gasteiger partial charge in [0.25, 0.3) is 0 Å². The number of carbonyl (C=O) groups is 1. The van der Waals surface area contributed by atoms with E-state index < -0.39 is 0 Å². The number of hydrogen-bond acceptors (Lipinski definition) is 1. The van der Waals surface area contributed by atoms with Crippen LogP contribution in [0.5, 0.6) is 0 Å². The maximum Gasteiger partial charge on any atom is 0.321 e. The number of urea groups is 1. The Bertz CT molecular complexity index is 752. The van der Waals surface area contributed by atoms with Gasteiger partial charge < -0.3 is 10.2 Å². The third kappa shape index (κ3) is 4.65. The lowest BCUT2D eigenvalue weighted by molar-refractivity contribution is 0.211. The number of likely N-dealkylation sites (tertiary alicyclic amines) is 1. The first-order valence-electron chi connectivity index (χ1n) is 8.29. The minimum atomic E-state index is -0.244. The summed E-state index contributed by atoms with van der Waals surface area (Å²) in [7, 11) is 0. The van der Waals surface area contributed by atoms with Gasteiger partial charge in [-0.15, -0.1) is 0 Å². The monoisotopic (exact) mass is 380 g/mol.